The van der Waals surface area contributed by atoms with E-state index in [4.69, 9.17) is 16.3 Å². The number of hydrogen-bond acceptors (Lipinski definition) is 6. The first-order valence-electron chi connectivity index (χ1n) is 9.56. The molecule has 1 aromatic carbocycles. The van der Waals surface area contributed by atoms with Crippen LogP contribution in [0.15, 0.2) is 30.5 Å². The third-order valence-electron chi connectivity index (χ3n) is 4.62. The van der Waals surface area contributed by atoms with E-state index in [9.17, 15) is 35.5 Å². The number of anilines is 1. The highest BCUT2D eigenvalue weighted by Gasteiger charge is 2.45. The first kappa shape index (κ1) is 28.8. The van der Waals surface area contributed by atoms with E-state index in [2.05, 4.69) is 14.7 Å². The average Bonchev–Trinajstić information content (AvgIpc) is 2.75. The second-order valence-corrected chi connectivity index (χ2v) is 7.52. The summed E-state index contributed by atoms with van der Waals surface area (Å²) < 4.78 is 102. The first-order chi connectivity index (χ1) is 15.8. The van der Waals surface area contributed by atoms with Crippen LogP contribution in [-0.4, -0.2) is 59.5 Å². The summed E-state index contributed by atoms with van der Waals surface area (Å²) in [5, 5.41) is 1.73. The number of carbonyl (C=O) groups excluding carboxylic acids is 1. The number of nitrogens with one attached hydrogen (secondary N) is 1. The lowest BCUT2D eigenvalue weighted by Gasteiger charge is -2.35. The molecule has 2 atom stereocenters. The second-order valence-electron chi connectivity index (χ2n) is 7.11. The van der Waals surface area contributed by atoms with Gasteiger partial charge in [0.2, 0.25) is 11.9 Å². The van der Waals surface area contributed by atoms with Crippen molar-refractivity contribution in [2.75, 3.05) is 31.6 Å². The molecule has 1 fully saturated rings. The summed E-state index contributed by atoms with van der Waals surface area (Å²) in [6.45, 7) is -1.16. The normalized spacial score (nSPS) is 17.9. The summed E-state index contributed by atoms with van der Waals surface area (Å²) in [5.41, 5.74) is -0.331. The van der Waals surface area contributed by atoms with Crippen molar-refractivity contribution in [1.82, 2.24) is 14.9 Å². The minimum atomic E-state index is -4.96. The SMILES string of the molecule is Cl.O=C(Nc1ccc(Cl)c(F)c1)O[C@@H](CN1CCO[C@H](c2ccnc(C(F)(F)F)n2)C1)C(F)(F)F. The van der Waals surface area contributed by atoms with Crippen molar-refractivity contribution < 1.29 is 45.0 Å². The van der Waals surface area contributed by atoms with Gasteiger partial charge in [0.15, 0.2) is 0 Å². The molecular formula is C19H17Cl2F7N4O3. The van der Waals surface area contributed by atoms with Crippen molar-refractivity contribution in [3.63, 3.8) is 0 Å². The molecule has 0 spiro atoms. The smallest absolute Gasteiger partial charge is 0.435 e. The molecule has 194 valence electrons. The van der Waals surface area contributed by atoms with E-state index in [0.717, 1.165) is 18.3 Å². The minimum Gasteiger partial charge on any atom is -0.435 e. The largest absolute Gasteiger partial charge is 0.451 e. The van der Waals surface area contributed by atoms with Gasteiger partial charge in [-0.25, -0.2) is 19.2 Å². The zero-order valence-electron chi connectivity index (χ0n) is 17.4. The van der Waals surface area contributed by atoms with Crippen LogP contribution in [0.4, 0.5) is 41.2 Å². The number of hydrogen-bond donors (Lipinski definition) is 1. The number of alkyl halides is 6. The summed E-state index contributed by atoms with van der Waals surface area (Å²) in [7, 11) is 0. The van der Waals surface area contributed by atoms with Crippen molar-refractivity contribution in [3.05, 3.63) is 52.8 Å². The molecule has 1 aliphatic rings. The van der Waals surface area contributed by atoms with Gasteiger partial charge in [-0.15, -0.1) is 12.4 Å². The Kier molecular flexibility index (Phi) is 9.50. The predicted octanol–water partition coefficient (Wildman–Crippen LogP) is 5.26. The van der Waals surface area contributed by atoms with Crippen molar-refractivity contribution >= 4 is 35.8 Å². The van der Waals surface area contributed by atoms with Crippen LogP contribution in [-0.2, 0) is 15.7 Å². The molecule has 1 aliphatic heterocycles. The molecule has 16 heteroatoms. The highest BCUT2D eigenvalue weighted by Crippen LogP contribution is 2.30. The fourth-order valence-electron chi connectivity index (χ4n) is 3.03. The van der Waals surface area contributed by atoms with E-state index in [-0.39, 0.29) is 48.5 Å². The second kappa shape index (κ2) is 11.5. The number of rotatable bonds is 5. The fraction of sp³-hybridized carbons (Fsp3) is 0.421. The van der Waals surface area contributed by atoms with Gasteiger partial charge in [-0.2, -0.15) is 26.3 Å². The van der Waals surface area contributed by atoms with E-state index in [1.54, 1.807) is 0 Å². The topological polar surface area (TPSA) is 76.6 Å². The molecule has 0 radical (unpaired) electrons. The number of benzene rings is 1. The van der Waals surface area contributed by atoms with Crippen LogP contribution in [0, 0.1) is 5.82 Å². The van der Waals surface area contributed by atoms with Crippen molar-refractivity contribution in [2.24, 2.45) is 0 Å². The summed E-state index contributed by atoms with van der Waals surface area (Å²) in [6, 6.07) is 4.23. The summed E-state index contributed by atoms with van der Waals surface area (Å²) in [4.78, 5) is 19.7. The highest BCUT2D eigenvalue weighted by atomic mass is 35.5. The molecule has 1 N–H and O–H groups in total. The van der Waals surface area contributed by atoms with Crippen molar-refractivity contribution in [1.29, 1.82) is 0 Å². The van der Waals surface area contributed by atoms with Gasteiger partial charge >= 0.3 is 18.4 Å². The number of ether oxygens (including phenoxy) is 2. The van der Waals surface area contributed by atoms with Gasteiger partial charge in [0.25, 0.3) is 0 Å². The van der Waals surface area contributed by atoms with Gasteiger partial charge in [0.05, 0.1) is 17.3 Å². The number of halogens is 9. The number of amides is 1. The maximum absolute atomic E-state index is 13.5. The minimum absolute atomic E-state index is 0. The van der Waals surface area contributed by atoms with Crippen LogP contribution in [0.2, 0.25) is 5.02 Å². The third-order valence-corrected chi connectivity index (χ3v) is 4.92. The summed E-state index contributed by atoms with van der Waals surface area (Å²) in [6.07, 6.45) is -14.0. The Morgan fingerprint density at radius 2 is 1.97 bits per heavy atom. The van der Waals surface area contributed by atoms with Gasteiger partial charge in [-0.1, -0.05) is 11.6 Å². The monoisotopic (exact) mass is 552 g/mol. The number of carbonyl (C=O) groups is 1. The summed E-state index contributed by atoms with van der Waals surface area (Å²) in [5.74, 6) is -2.30. The molecule has 7 nitrogen and oxygen atoms in total. The number of aromatic nitrogens is 2. The van der Waals surface area contributed by atoms with Gasteiger partial charge in [0, 0.05) is 31.5 Å². The molecule has 2 heterocycles. The zero-order chi connectivity index (χ0) is 25.1. The highest BCUT2D eigenvalue weighted by molar-refractivity contribution is 6.30. The lowest BCUT2D eigenvalue weighted by Crippen LogP contribution is -2.48. The third kappa shape index (κ3) is 8.05. The van der Waals surface area contributed by atoms with E-state index >= 15 is 0 Å². The van der Waals surface area contributed by atoms with Crippen LogP contribution in [0.1, 0.15) is 17.6 Å². The van der Waals surface area contributed by atoms with Crippen LogP contribution in [0.5, 0.6) is 0 Å². The fourth-order valence-corrected chi connectivity index (χ4v) is 3.15. The van der Waals surface area contributed by atoms with E-state index in [1.807, 2.05) is 5.32 Å². The van der Waals surface area contributed by atoms with Crippen LogP contribution >= 0.6 is 24.0 Å². The van der Waals surface area contributed by atoms with Gasteiger partial charge in [-0.05, 0) is 24.3 Å². The molecule has 0 aliphatic carbocycles. The van der Waals surface area contributed by atoms with Crippen molar-refractivity contribution in [3.8, 4) is 0 Å². The van der Waals surface area contributed by atoms with E-state index < -0.39 is 48.8 Å². The zero-order valence-corrected chi connectivity index (χ0v) is 18.9. The molecule has 1 amide bonds. The van der Waals surface area contributed by atoms with Crippen LogP contribution in [0.3, 0.4) is 0 Å². The van der Waals surface area contributed by atoms with Crippen molar-refractivity contribution in [2.45, 2.75) is 24.6 Å². The van der Waals surface area contributed by atoms with Gasteiger partial charge in [-0.3, -0.25) is 10.2 Å². The molecule has 0 unspecified atom stereocenters. The Morgan fingerprint density at radius 3 is 2.60 bits per heavy atom. The Hall–Kier alpha value is -2.42. The molecule has 0 saturated carbocycles. The Bertz CT molecular complexity index is 1030. The maximum atomic E-state index is 13.5. The standard InChI is InChI=1S/C19H16ClF7N4O3.ClH/c20-11-2-1-10(7-12(11)21)29-17(32)34-15(18(22,23)24)9-31-5-6-33-14(8-31)13-3-4-28-16(30-13)19(25,26)27;/h1-4,7,14-15H,5-6,8-9H2,(H,29,32);1H/t14-,15-;/m0./s1. The molecule has 1 aromatic heterocycles. The molecule has 1 saturated heterocycles. The molecule has 0 bridgehead atoms. The number of nitrogens with zero attached hydrogens (tertiary/aromatic N) is 3. The van der Waals surface area contributed by atoms with Gasteiger partial charge < -0.3 is 9.47 Å². The Labute approximate surface area is 205 Å². The van der Waals surface area contributed by atoms with Gasteiger partial charge in [0.1, 0.15) is 11.9 Å². The molecular weight excluding hydrogens is 536 g/mol. The molecule has 35 heavy (non-hydrogen) atoms. The van der Waals surface area contributed by atoms with Crippen LogP contribution < -0.4 is 5.32 Å². The average molecular weight is 553 g/mol. The number of morpholine rings is 1. The molecule has 2 aromatic rings. The van der Waals surface area contributed by atoms with E-state index in [0.29, 0.717) is 0 Å². The Morgan fingerprint density at radius 1 is 1.26 bits per heavy atom. The van der Waals surface area contributed by atoms with Crippen LogP contribution in [0.25, 0.3) is 0 Å². The van der Waals surface area contributed by atoms with E-state index in [1.165, 1.54) is 17.0 Å². The quantitative estimate of drug-likeness (QED) is 0.510. The Balaban J connectivity index is 0.00000432. The molecule has 3 rings (SSSR count). The lowest BCUT2D eigenvalue weighted by atomic mass is 10.2. The summed E-state index contributed by atoms with van der Waals surface area (Å²) >= 11 is 5.51. The lowest BCUT2D eigenvalue weighted by molar-refractivity contribution is -0.209. The maximum Gasteiger partial charge on any atom is 0.451 e. The predicted molar refractivity (Wildman–Crippen MR) is 111 cm³/mol. The first-order valence-corrected chi connectivity index (χ1v) is 9.94.